The monoisotopic (exact) mass is 488 g/mol. The average Bonchev–Trinajstić information content (AvgIpc) is 3.13. The summed E-state index contributed by atoms with van der Waals surface area (Å²) in [5.41, 5.74) is 9.69. The summed E-state index contributed by atoms with van der Waals surface area (Å²) in [7, 11) is -4.13. The maximum atomic E-state index is 13.5. The molecule has 1 amide bonds. The molecule has 0 radical (unpaired) electrons. The number of nitrogen functional groups attached to an aromatic ring is 1. The number of non-ortho nitro benzene ring substituents is 1. The number of nitrogens with two attached hydrogens (primary N) is 1. The lowest BCUT2D eigenvalue weighted by atomic mass is 10.2. The molecule has 2 heterocycles. The lowest BCUT2D eigenvalue weighted by molar-refractivity contribution is -0.384. The predicted octanol–water partition coefficient (Wildman–Crippen LogP) is 3.29. The second-order valence-electron chi connectivity index (χ2n) is 7.50. The van der Waals surface area contributed by atoms with Gasteiger partial charge in [0.2, 0.25) is 9.84 Å². The number of amides is 1. The topological polar surface area (TPSA) is 163 Å². The molecule has 0 aliphatic rings. The molecule has 0 atom stereocenters. The standard InChI is InChI=1S/C23H16N6O5S/c24-21-20(35(33,34)16-6-2-1-3-7-16)19-22(26-18-9-5-4-8-17(18)25-19)28(21)27-23(30)14-10-12-15(13-11-14)29(31)32/h1-13H,24H2,(H,27,30). The molecular weight excluding hydrogens is 472 g/mol. The van der Waals surface area contributed by atoms with E-state index in [1.807, 2.05) is 0 Å². The van der Waals surface area contributed by atoms with Crippen LogP contribution in [0, 0.1) is 10.1 Å². The Bertz CT molecular complexity index is 1730. The average molecular weight is 488 g/mol. The van der Waals surface area contributed by atoms with Crippen LogP contribution in [0.2, 0.25) is 0 Å². The first-order chi connectivity index (χ1) is 16.8. The third kappa shape index (κ3) is 3.71. The number of aromatic nitrogens is 3. The second-order valence-corrected chi connectivity index (χ2v) is 9.38. The normalized spacial score (nSPS) is 11.5. The summed E-state index contributed by atoms with van der Waals surface area (Å²) in [4.78, 5) is 32.0. The number of benzene rings is 3. The minimum absolute atomic E-state index is 0.00223. The zero-order valence-corrected chi connectivity index (χ0v) is 18.6. The number of fused-ring (bicyclic) bond motifs is 2. The van der Waals surface area contributed by atoms with Crippen LogP contribution in [-0.2, 0) is 9.84 Å². The first-order valence-corrected chi connectivity index (χ1v) is 11.7. The van der Waals surface area contributed by atoms with E-state index in [4.69, 9.17) is 5.73 Å². The zero-order chi connectivity index (χ0) is 24.7. The van der Waals surface area contributed by atoms with E-state index in [1.54, 1.807) is 42.5 Å². The quantitative estimate of drug-likeness (QED) is 0.281. The Morgan fingerprint density at radius 1 is 0.914 bits per heavy atom. The Kier molecular flexibility index (Phi) is 5.14. The van der Waals surface area contributed by atoms with Crippen LogP contribution in [0.15, 0.2) is 88.7 Å². The number of anilines is 1. The minimum Gasteiger partial charge on any atom is -0.382 e. The third-order valence-corrected chi connectivity index (χ3v) is 7.16. The third-order valence-electron chi connectivity index (χ3n) is 5.33. The number of rotatable bonds is 5. The molecule has 0 fully saturated rings. The number of nitrogens with one attached hydrogen (secondary N) is 1. The van der Waals surface area contributed by atoms with Gasteiger partial charge in [0.1, 0.15) is 16.2 Å². The van der Waals surface area contributed by atoms with Crippen LogP contribution < -0.4 is 11.2 Å². The number of carbonyl (C=O) groups excluding carboxylic acids is 1. The zero-order valence-electron chi connectivity index (χ0n) is 17.8. The van der Waals surface area contributed by atoms with Crippen molar-refractivity contribution in [2.24, 2.45) is 0 Å². The minimum atomic E-state index is -4.13. The molecule has 35 heavy (non-hydrogen) atoms. The van der Waals surface area contributed by atoms with Gasteiger partial charge in [-0.3, -0.25) is 20.3 Å². The number of nitrogens with zero attached hydrogens (tertiary/aromatic N) is 4. The highest BCUT2D eigenvalue weighted by molar-refractivity contribution is 7.92. The fraction of sp³-hybridized carbons (Fsp3) is 0. The first-order valence-electron chi connectivity index (χ1n) is 10.2. The van der Waals surface area contributed by atoms with Crippen LogP contribution in [0.25, 0.3) is 22.2 Å². The molecule has 0 unspecified atom stereocenters. The summed E-state index contributed by atoms with van der Waals surface area (Å²) in [6.07, 6.45) is 0. The van der Waals surface area contributed by atoms with Gasteiger partial charge >= 0.3 is 0 Å². The Morgan fingerprint density at radius 3 is 2.14 bits per heavy atom. The molecule has 11 nitrogen and oxygen atoms in total. The van der Waals surface area contributed by atoms with Crippen LogP contribution in [0.5, 0.6) is 0 Å². The molecule has 3 N–H and O–H groups in total. The van der Waals surface area contributed by atoms with Crippen molar-refractivity contribution in [3.8, 4) is 0 Å². The van der Waals surface area contributed by atoms with E-state index in [-0.39, 0.29) is 38.0 Å². The number of nitro benzene ring substituents is 1. The second kappa shape index (κ2) is 8.18. The molecule has 5 aromatic rings. The molecule has 174 valence electrons. The van der Waals surface area contributed by atoms with Crippen LogP contribution in [0.4, 0.5) is 11.5 Å². The van der Waals surface area contributed by atoms with Crippen LogP contribution >= 0.6 is 0 Å². The van der Waals surface area contributed by atoms with E-state index in [0.717, 1.165) is 4.68 Å². The predicted molar refractivity (Wildman–Crippen MR) is 128 cm³/mol. The smallest absolute Gasteiger partial charge is 0.270 e. The largest absolute Gasteiger partial charge is 0.382 e. The van der Waals surface area contributed by atoms with Crippen molar-refractivity contribution >= 4 is 49.4 Å². The number of carbonyl (C=O) groups is 1. The Morgan fingerprint density at radius 2 is 1.51 bits per heavy atom. The molecule has 3 aromatic carbocycles. The summed E-state index contributed by atoms with van der Waals surface area (Å²) in [5.74, 6) is -0.962. The van der Waals surface area contributed by atoms with Gasteiger partial charge in [-0.15, -0.1) is 0 Å². The number of hydrogen-bond acceptors (Lipinski definition) is 8. The van der Waals surface area contributed by atoms with Crippen LogP contribution in [-0.4, -0.2) is 33.9 Å². The van der Waals surface area contributed by atoms with Gasteiger partial charge in [-0.05, 0) is 36.4 Å². The van der Waals surface area contributed by atoms with E-state index in [9.17, 15) is 23.3 Å². The number of nitro groups is 1. The molecule has 0 saturated carbocycles. The van der Waals surface area contributed by atoms with Crippen LogP contribution in [0.3, 0.4) is 0 Å². The summed E-state index contributed by atoms with van der Waals surface area (Å²) < 4.78 is 28.1. The molecule has 2 aromatic heterocycles. The molecule has 0 bridgehead atoms. The van der Waals surface area contributed by atoms with Gasteiger partial charge in [0.15, 0.2) is 5.65 Å². The van der Waals surface area contributed by atoms with E-state index >= 15 is 0 Å². The molecule has 0 saturated heterocycles. The fourth-order valence-electron chi connectivity index (χ4n) is 3.63. The van der Waals surface area contributed by atoms with Crippen molar-refractivity contribution < 1.29 is 18.1 Å². The van der Waals surface area contributed by atoms with Crippen molar-refractivity contribution in [3.63, 3.8) is 0 Å². The van der Waals surface area contributed by atoms with Gasteiger partial charge in [-0.25, -0.2) is 23.1 Å². The summed E-state index contributed by atoms with van der Waals surface area (Å²) in [6, 6.07) is 19.5. The lowest BCUT2D eigenvalue weighted by Crippen LogP contribution is -2.24. The highest BCUT2D eigenvalue weighted by atomic mass is 32.2. The van der Waals surface area contributed by atoms with Crippen molar-refractivity contribution in [1.29, 1.82) is 0 Å². The molecule has 5 rings (SSSR count). The summed E-state index contributed by atoms with van der Waals surface area (Å²) in [6.45, 7) is 0. The Hall–Kier alpha value is -4.84. The summed E-state index contributed by atoms with van der Waals surface area (Å²) >= 11 is 0. The maximum absolute atomic E-state index is 13.5. The maximum Gasteiger partial charge on any atom is 0.270 e. The summed E-state index contributed by atoms with van der Waals surface area (Å²) in [5, 5.41) is 10.9. The highest BCUT2D eigenvalue weighted by Crippen LogP contribution is 2.34. The van der Waals surface area contributed by atoms with Crippen molar-refractivity contribution in [3.05, 3.63) is 94.5 Å². The van der Waals surface area contributed by atoms with Gasteiger partial charge < -0.3 is 5.73 Å². The van der Waals surface area contributed by atoms with Gasteiger partial charge in [0.05, 0.1) is 20.9 Å². The molecule has 12 heteroatoms. The van der Waals surface area contributed by atoms with E-state index in [1.165, 1.54) is 36.4 Å². The first kappa shape index (κ1) is 22.0. The van der Waals surface area contributed by atoms with Crippen molar-refractivity contribution in [1.82, 2.24) is 14.6 Å². The van der Waals surface area contributed by atoms with E-state index < -0.39 is 20.7 Å². The van der Waals surface area contributed by atoms with Gasteiger partial charge in [0, 0.05) is 17.7 Å². The molecular formula is C23H16N6O5S. The SMILES string of the molecule is Nc1c(S(=O)(=O)c2ccccc2)c2nc3ccccc3nc2n1NC(=O)c1ccc([N+](=O)[O-])cc1. The highest BCUT2D eigenvalue weighted by Gasteiger charge is 2.31. The van der Waals surface area contributed by atoms with Crippen molar-refractivity contribution in [2.75, 3.05) is 11.2 Å². The molecule has 0 spiro atoms. The van der Waals surface area contributed by atoms with E-state index in [0.29, 0.717) is 11.0 Å². The van der Waals surface area contributed by atoms with Crippen molar-refractivity contribution in [2.45, 2.75) is 9.79 Å². The number of hydrogen-bond donors (Lipinski definition) is 2. The van der Waals surface area contributed by atoms with Gasteiger partial charge in [-0.1, -0.05) is 30.3 Å². The lowest BCUT2D eigenvalue weighted by Gasteiger charge is -2.10. The van der Waals surface area contributed by atoms with E-state index in [2.05, 4.69) is 15.4 Å². The van der Waals surface area contributed by atoms with Gasteiger partial charge in [0.25, 0.3) is 11.6 Å². The number of sulfone groups is 1. The molecule has 0 aliphatic carbocycles. The Balaban J connectivity index is 1.70. The number of para-hydroxylation sites is 2. The molecule has 0 aliphatic heterocycles. The van der Waals surface area contributed by atoms with Gasteiger partial charge in [-0.2, -0.15) is 0 Å². The Labute approximate surface area is 197 Å². The fourth-order valence-corrected chi connectivity index (χ4v) is 5.14. The van der Waals surface area contributed by atoms with Crippen LogP contribution in [0.1, 0.15) is 10.4 Å².